The normalized spacial score (nSPS) is 14.2. The molecular formula is C17H19N3O6S2. The minimum atomic E-state index is -4.13. The highest BCUT2D eigenvalue weighted by Crippen LogP contribution is 2.30. The molecule has 1 heterocycles. The van der Waals surface area contributed by atoms with Crippen molar-refractivity contribution in [2.24, 2.45) is 0 Å². The zero-order valence-corrected chi connectivity index (χ0v) is 17.0. The Balaban J connectivity index is 1.99. The first-order chi connectivity index (χ1) is 13.0. The fraction of sp³-hybridized carbons (Fsp3) is 0.235. The average molecular weight is 425 g/mol. The summed E-state index contributed by atoms with van der Waals surface area (Å²) in [6.45, 7) is 0.323. The number of rotatable bonds is 5. The Morgan fingerprint density at radius 2 is 1.82 bits per heavy atom. The number of ether oxygens (including phenoxy) is 1. The quantitative estimate of drug-likeness (QED) is 0.754. The summed E-state index contributed by atoms with van der Waals surface area (Å²) in [5.41, 5.74) is 1.61. The van der Waals surface area contributed by atoms with Gasteiger partial charge in [-0.15, -0.1) is 0 Å². The standard InChI is InChI=1S/C17H19N3O6S2/c1-20-10-11-8-12(4-6-14(11)18-17(20)21)19-28(24,25)16-9-13(27(3,22)23)5-7-15(16)26-2/h4-9,19H,10H2,1-3H3,(H,18,21). The minimum Gasteiger partial charge on any atom is -0.495 e. The third-order valence-electron chi connectivity index (χ3n) is 4.21. The van der Waals surface area contributed by atoms with E-state index < -0.39 is 19.9 Å². The molecule has 0 saturated heterocycles. The second kappa shape index (κ2) is 6.99. The number of sulfonamides is 1. The fourth-order valence-corrected chi connectivity index (χ4v) is 4.72. The molecular weight excluding hydrogens is 406 g/mol. The van der Waals surface area contributed by atoms with Crippen molar-refractivity contribution in [1.29, 1.82) is 0 Å². The van der Waals surface area contributed by atoms with Crippen molar-refractivity contribution in [3.05, 3.63) is 42.0 Å². The molecule has 0 radical (unpaired) electrons. The van der Waals surface area contributed by atoms with Gasteiger partial charge in [-0.1, -0.05) is 0 Å². The Kier molecular flexibility index (Phi) is 4.98. The zero-order chi connectivity index (χ0) is 20.7. The first-order valence-electron chi connectivity index (χ1n) is 8.07. The number of sulfone groups is 1. The van der Waals surface area contributed by atoms with Crippen LogP contribution in [0.4, 0.5) is 16.2 Å². The highest BCUT2D eigenvalue weighted by Gasteiger charge is 2.24. The maximum absolute atomic E-state index is 12.9. The molecule has 0 aliphatic carbocycles. The minimum absolute atomic E-state index is 0.0184. The molecule has 3 rings (SSSR count). The highest BCUT2D eigenvalue weighted by atomic mass is 32.2. The summed E-state index contributed by atoms with van der Waals surface area (Å²) in [7, 11) is -4.81. The van der Waals surface area contributed by atoms with Gasteiger partial charge < -0.3 is 15.0 Å². The Hall–Kier alpha value is -2.79. The predicted octanol–water partition coefficient (Wildman–Crippen LogP) is 1.88. The van der Waals surface area contributed by atoms with Crippen LogP contribution < -0.4 is 14.8 Å². The van der Waals surface area contributed by atoms with Gasteiger partial charge in [0.1, 0.15) is 10.6 Å². The number of nitrogens with zero attached hydrogens (tertiary/aromatic N) is 1. The number of urea groups is 1. The Morgan fingerprint density at radius 1 is 1.11 bits per heavy atom. The molecule has 0 bridgehead atoms. The van der Waals surface area contributed by atoms with E-state index in [0.29, 0.717) is 12.2 Å². The van der Waals surface area contributed by atoms with Crippen LogP contribution in [0.15, 0.2) is 46.2 Å². The van der Waals surface area contributed by atoms with E-state index in [0.717, 1.165) is 17.9 Å². The summed E-state index contributed by atoms with van der Waals surface area (Å²) in [6, 6.07) is 8.10. The molecule has 0 saturated carbocycles. The van der Waals surface area contributed by atoms with E-state index in [4.69, 9.17) is 4.74 Å². The summed E-state index contributed by atoms with van der Waals surface area (Å²) in [5.74, 6) is 0.0184. The van der Waals surface area contributed by atoms with Crippen LogP contribution in [0.1, 0.15) is 5.56 Å². The molecule has 1 aliphatic heterocycles. The van der Waals surface area contributed by atoms with Gasteiger partial charge in [0.25, 0.3) is 10.0 Å². The SMILES string of the molecule is COc1ccc(S(C)(=O)=O)cc1S(=O)(=O)Nc1ccc2c(c1)CN(C)C(=O)N2. The average Bonchev–Trinajstić information content (AvgIpc) is 2.61. The maximum atomic E-state index is 12.9. The number of nitrogens with one attached hydrogen (secondary N) is 2. The van der Waals surface area contributed by atoms with E-state index in [-0.39, 0.29) is 27.3 Å². The van der Waals surface area contributed by atoms with E-state index in [2.05, 4.69) is 10.0 Å². The van der Waals surface area contributed by atoms with Gasteiger partial charge in [0.15, 0.2) is 9.84 Å². The Labute approximate surface area is 163 Å². The van der Waals surface area contributed by atoms with Gasteiger partial charge in [-0.05, 0) is 42.0 Å². The third-order valence-corrected chi connectivity index (χ3v) is 6.72. The first-order valence-corrected chi connectivity index (χ1v) is 11.4. The Morgan fingerprint density at radius 3 is 2.46 bits per heavy atom. The second-order valence-corrected chi connectivity index (χ2v) is 10.0. The van der Waals surface area contributed by atoms with E-state index in [1.165, 1.54) is 30.2 Å². The van der Waals surface area contributed by atoms with E-state index in [9.17, 15) is 21.6 Å². The van der Waals surface area contributed by atoms with E-state index in [1.807, 2.05) is 0 Å². The van der Waals surface area contributed by atoms with Gasteiger partial charge in [0, 0.05) is 31.2 Å². The van der Waals surface area contributed by atoms with Gasteiger partial charge >= 0.3 is 6.03 Å². The smallest absolute Gasteiger partial charge is 0.321 e. The number of anilines is 2. The van der Waals surface area contributed by atoms with Crippen molar-refractivity contribution in [2.45, 2.75) is 16.3 Å². The molecule has 11 heteroatoms. The van der Waals surface area contributed by atoms with Crippen molar-refractivity contribution in [2.75, 3.05) is 30.5 Å². The van der Waals surface area contributed by atoms with Crippen LogP contribution in [0.25, 0.3) is 0 Å². The number of benzene rings is 2. The van der Waals surface area contributed by atoms with Crippen molar-refractivity contribution in [1.82, 2.24) is 4.90 Å². The molecule has 0 aromatic heterocycles. The second-order valence-electron chi connectivity index (χ2n) is 6.35. The molecule has 2 aromatic rings. The number of amides is 2. The predicted molar refractivity (Wildman–Crippen MR) is 104 cm³/mol. The van der Waals surface area contributed by atoms with Crippen LogP contribution in [0.5, 0.6) is 5.75 Å². The topological polar surface area (TPSA) is 122 Å². The molecule has 0 atom stereocenters. The van der Waals surface area contributed by atoms with Gasteiger partial charge in [0.05, 0.1) is 12.0 Å². The largest absolute Gasteiger partial charge is 0.495 e. The van der Waals surface area contributed by atoms with Crippen molar-refractivity contribution in [3.8, 4) is 5.75 Å². The van der Waals surface area contributed by atoms with Gasteiger partial charge in [-0.2, -0.15) is 0 Å². The number of hydrogen-bond acceptors (Lipinski definition) is 6. The number of methoxy groups -OCH3 is 1. The molecule has 2 amide bonds. The molecule has 0 spiro atoms. The van der Waals surface area contributed by atoms with E-state index in [1.54, 1.807) is 19.2 Å². The molecule has 2 N–H and O–H groups in total. The number of hydrogen-bond donors (Lipinski definition) is 2. The van der Waals surface area contributed by atoms with Crippen LogP contribution in [-0.2, 0) is 26.4 Å². The lowest BCUT2D eigenvalue weighted by Gasteiger charge is -2.26. The van der Waals surface area contributed by atoms with Gasteiger partial charge in [-0.25, -0.2) is 21.6 Å². The summed E-state index contributed by atoms with van der Waals surface area (Å²) in [6.07, 6.45) is 0.993. The molecule has 150 valence electrons. The highest BCUT2D eigenvalue weighted by molar-refractivity contribution is 7.93. The maximum Gasteiger partial charge on any atom is 0.321 e. The van der Waals surface area contributed by atoms with Crippen LogP contribution in [-0.4, -0.2) is 48.2 Å². The molecule has 0 fully saturated rings. The number of carbonyl (C=O) groups excluding carboxylic acids is 1. The monoisotopic (exact) mass is 425 g/mol. The summed E-state index contributed by atoms with van der Waals surface area (Å²) in [5, 5.41) is 2.70. The van der Waals surface area contributed by atoms with E-state index >= 15 is 0 Å². The number of carbonyl (C=O) groups is 1. The van der Waals surface area contributed by atoms with Crippen LogP contribution in [0, 0.1) is 0 Å². The van der Waals surface area contributed by atoms with Gasteiger partial charge in [-0.3, -0.25) is 4.72 Å². The molecule has 1 aliphatic rings. The van der Waals surface area contributed by atoms with Crippen molar-refractivity contribution in [3.63, 3.8) is 0 Å². The van der Waals surface area contributed by atoms with Crippen molar-refractivity contribution < 1.29 is 26.4 Å². The van der Waals surface area contributed by atoms with Crippen LogP contribution in [0.2, 0.25) is 0 Å². The lowest BCUT2D eigenvalue weighted by Crippen LogP contribution is -2.35. The van der Waals surface area contributed by atoms with Crippen molar-refractivity contribution >= 4 is 37.3 Å². The summed E-state index contributed by atoms with van der Waals surface area (Å²) >= 11 is 0. The van der Waals surface area contributed by atoms with Crippen LogP contribution >= 0.6 is 0 Å². The van der Waals surface area contributed by atoms with Gasteiger partial charge in [0.2, 0.25) is 0 Å². The summed E-state index contributed by atoms with van der Waals surface area (Å²) < 4.78 is 56.9. The third kappa shape index (κ3) is 3.90. The first kappa shape index (κ1) is 20.0. The lowest BCUT2D eigenvalue weighted by atomic mass is 10.1. The zero-order valence-electron chi connectivity index (χ0n) is 15.4. The molecule has 0 unspecified atom stereocenters. The Bertz CT molecular complexity index is 1160. The molecule has 2 aromatic carbocycles. The molecule has 9 nitrogen and oxygen atoms in total. The van der Waals surface area contributed by atoms with Crippen LogP contribution in [0.3, 0.4) is 0 Å². The molecule has 28 heavy (non-hydrogen) atoms. The number of fused-ring (bicyclic) bond motifs is 1. The summed E-state index contributed by atoms with van der Waals surface area (Å²) in [4.78, 5) is 12.7. The lowest BCUT2D eigenvalue weighted by molar-refractivity contribution is 0.218. The fourth-order valence-electron chi connectivity index (χ4n) is 2.76.